The molecule has 1 N–H and O–H groups in total. The van der Waals surface area contributed by atoms with Crippen molar-refractivity contribution in [2.75, 3.05) is 50.8 Å². The topological polar surface area (TPSA) is 54.0 Å². The van der Waals surface area contributed by atoms with Crippen LogP contribution in [-0.4, -0.2) is 62.5 Å². The lowest BCUT2D eigenvalue weighted by atomic mass is 9.91. The van der Waals surface area contributed by atoms with Crippen molar-refractivity contribution in [3.8, 4) is 5.75 Å². The standard InChI is InChI=1S/C21H31N3O3/c25-20-22-17-21(27-20)9-14-24(15-10-21)18-5-7-19(8-6-18)26-16-4-13-23-11-2-1-3-12-23/h5-8H,1-4,9-17H2,(H,22,25). The van der Waals surface area contributed by atoms with Crippen molar-refractivity contribution >= 4 is 11.8 Å². The van der Waals surface area contributed by atoms with Gasteiger partial charge in [-0.1, -0.05) is 6.42 Å². The Morgan fingerprint density at radius 2 is 1.78 bits per heavy atom. The van der Waals surface area contributed by atoms with Crippen LogP contribution in [0.5, 0.6) is 5.75 Å². The highest BCUT2D eigenvalue weighted by Gasteiger charge is 2.42. The summed E-state index contributed by atoms with van der Waals surface area (Å²) < 4.78 is 11.4. The van der Waals surface area contributed by atoms with Crippen molar-refractivity contribution in [3.63, 3.8) is 0 Å². The molecular formula is C21H31N3O3. The number of nitrogens with one attached hydrogen (secondary N) is 1. The molecule has 0 atom stereocenters. The first-order chi connectivity index (χ1) is 13.2. The van der Waals surface area contributed by atoms with Crippen molar-refractivity contribution in [2.45, 2.75) is 44.1 Å². The third-order valence-electron chi connectivity index (χ3n) is 6.08. The number of likely N-dealkylation sites (tertiary alicyclic amines) is 1. The summed E-state index contributed by atoms with van der Waals surface area (Å²) in [6.45, 7) is 6.88. The summed E-state index contributed by atoms with van der Waals surface area (Å²) >= 11 is 0. The van der Waals surface area contributed by atoms with Crippen LogP contribution in [0, 0.1) is 0 Å². The minimum atomic E-state index is -0.287. The maximum atomic E-state index is 11.3. The number of piperidine rings is 2. The average Bonchev–Trinajstić information content (AvgIpc) is 3.07. The van der Waals surface area contributed by atoms with E-state index in [1.165, 1.54) is 38.0 Å². The molecule has 3 saturated heterocycles. The van der Waals surface area contributed by atoms with E-state index in [4.69, 9.17) is 9.47 Å². The number of carbonyl (C=O) groups is 1. The van der Waals surface area contributed by atoms with Crippen LogP contribution >= 0.6 is 0 Å². The first kappa shape index (κ1) is 18.4. The van der Waals surface area contributed by atoms with E-state index in [-0.39, 0.29) is 11.7 Å². The quantitative estimate of drug-likeness (QED) is 0.777. The van der Waals surface area contributed by atoms with E-state index in [1.54, 1.807) is 0 Å². The lowest BCUT2D eigenvalue weighted by Crippen LogP contribution is -2.46. The Balaban J connectivity index is 1.19. The van der Waals surface area contributed by atoms with Crippen molar-refractivity contribution in [3.05, 3.63) is 24.3 Å². The van der Waals surface area contributed by atoms with Crippen molar-refractivity contribution < 1.29 is 14.3 Å². The van der Waals surface area contributed by atoms with Crippen LogP contribution in [0.1, 0.15) is 38.5 Å². The van der Waals surface area contributed by atoms with Gasteiger partial charge in [-0.3, -0.25) is 0 Å². The summed E-state index contributed by atoms with van der Waals surface area (Å²) in [5, 5.41) is 2.79. The molecule has 6 heteroatoms. The Kier molecular flexibility index (Phi) is 5.72. The van der Waals surface area contributed by atoms with Crippen LogP contribution in [0.3, 0.4) is 0 Å². The molecule has 148 valence electrons. The maximum absolute atomic E-state index is 11.3. The summed E-state index contributed by atoms with van der Waals surface area (Å²) in [6, 6.07) is 8.41. The Bertz CT molecular complexity index is 620. The van der Waals surface area contributed by atoms with E-state index in [2.05, 4.69) is 39.4 Å². The fourth-order valence-electron chi connectivity index (χ4n) is 4.37. The molecule has 1 aromatic carbocycles. The number of ether oxygens (including phenoxy) is 2. The molecular weight excluding hydrogens is 342 g/mol. The second-order valence-corrected chi connectivity index (χ2v) is 8.01. The number of rotatable bonds is 6. The van der Waals surface area contributed by atoms with Gasteiger partial charge in [0.05, 0.1) is 13.2 Å². The Morgan fingerprint density at radius 1 is 1.04 bits per heavy atom. The molecule has 3 aliphatic rings. The van der Waals surface area contributed by atoms with E-state index in [9.17, 15) is 4.79 Å². The molecule has 6 nitrogen and oxygen atoms in total. The predicted molar refractivity (Wildman–Crippen MR) is 106 cm³/mol. The molecule has 0 saturated carbocycles. The smallest absolute Gasteiger partial charge is 0.407 e. The molecule has 27 heavy (non-hydrogen) atoms. The lowest BCUT2D eigenvalue weighted by Gasteiger charge is -2.38. The summed E-state index contributed by atoms with van der Waals surface area (Å²) in [4.78, 5) is 16.3. The van der Waals surface area contributed by atoms with Crippen LogP contribution < -0.4 is 15.0 Å². The number of alkyl carbamates (subject to hydrolysis) is 1. The van der Waals surface area contributed by atoms with Crippen LogP contribution in [0.2, 0.25) is 0 Å². The second kappa shape index (κ2) is 8.38. The third-order valence-corrected chi connectivity index (χ3v) is 6.08. The van der Waals surface area contributed by atoms with E-state index >= 15 is 0 Å². The molecule has 0 aliphatic carbocycles. The van der Waals surface area contributed by atoms with Gasteiger partial charge in [0.2, 0.25) is 0 Å². The normalized spacial score (nSPS) is 22.5. The van der Waals surface area contributed by atoms with Gasteiger partial charge >= 0.3 is 6.09 Å². The Labute approximate surface area is 161 Å². The average molecular weight is 373 g/mol. The highest BCUT2D eigenvalue weighted by atomic mass is 16.6. The summed E-state index contributed by atoms with van der Waals surface area (Å²) in [5.41, 5.74) is 0.924. The van der Waals surface area contributed by atoms with E-state index in [0.717, 1.165) is 51.3 Å². The van der Waals surface area contributed by atoms with Crippen LogP contribution in [0.15, 0.2) is 24.3 Å². The summed E-state index contributed by atoms with van der Waals surface area (Å²) in [6.07, 6.45) is 6.64. The van der Waals surface area contributed by atoms with Crippen molar-refractivity contribution in [1.82, 2.24) is 10.2 Å². The monoisotopic (exact) mass is 373 g/mol. The van der Waals surface area contributed by atoms with Gasteiger partial charge < -0.3 is 24.6 Å². The molecule has 0 unspecified atom stereocenters. The molecule has 0 aromatic heterocycles. The molecule has 3 fully saturated rings. The van der Waals surface area contributed by atoms with Crippen LogP contribution in [-0.2, 0) is 4.74 Å². The zero-order valence-electron chi connectivity index (χ0n) is 16.1. The van der Waals surface area contributed by atoms with Gasteiger partial charge in [0.15, 0.2) is 0 Å². The number of hydrogen-bond acceptors (Lipinski definition) is 5. The highest BCUT2D eigenvalue weighted by molar-refractivity contribution is 5.70. The van der Waals surface area contributed by atoms with E-state index in [0.29, 0.717) is 6.54 Å². The van der Waals surface area contributed by atoms with Gasteiger partial charge in [0.1, 0.15) is 11.4 Å². The molecule has 1 amide bonds. The molecule has 1 spiro atoms. The fraction of sp³-hybridized carbons (Fsp3) is 0.667. The number of amides is 1. The van der Waals surface area contributed by atoms with Gasteiger partial charge in [0, 0.05) is 38.2 Å². The van der Waals surface area contributed by atoms with Gasteiger partial charge in [0.25, 0.3) is 0 Å². The highest BCUT2D eigenvalue weighted by Crippen LogP contribution is 2.32. The Morgan fingerprint density at radius 3 is 2.44 bits per heavy atom. The first-order valence-electron chi connectivity index (χ1n) is 10.4. The molecule has 4 rings (SSSR count). The number of anilines is 1. The largest absolute Gasteiger partial charge is 0.494 e. The lowest BCUT2D eigenvalue weighted by molar-refractivity contribution is 0.0367. The van der Waals surface area contributed by atoms with Crippen LogP contribution in [0.4, 0.5) is 10.5 Å². The van der Waals surface area contributed by atoms with Crippen molar-refractivity contribution in [2.24, 2.45) is 0 Å². The molecule has 0 radical (unpaired) electrons. The zero-order chi connectivity index (χ0) is 18.5. The number of benzene rings is 1. The van der Waals surface area contributed by atoms with Gasteiger partial charge in [-0.2, -0.15) is 0 Å². The SMILES string of the molecule is O=C1NCC2(CCN(c3ccc(OCCCN4CCCCC4)cc3)CC2)O1. The third kappa shape index (κ3) is 4.67. The predicted octanol–water partition coefficient (Wildman–Crippen LogP) is 3.02. The van der Waals surface area contributed by atoms with Gasteiger partial charge in [-0.05, 0) is 56.6 Å². The number of carbonyl (C=O) groups excluding carboxylic acids is 1. The van der Waals surface area contributed by atoms with Crippen LogP contribution in [0.25, 0.3) is 0 Å². The molecule has 1 aromatic rings. The molecule has 0 bridgehead atoms. The minimum absolute atomic E-state index is 0.273. The Hall–Kier alpha value is -1.95. The molecule has 3 heterocycles. The van der Waals surface area contributed by atoms with Crippen molar-refractivity contribution in [1.29, 1.82) is 0 Å². The zero-order valence-corrected chi connectivity index (χ0v) is 16.1. The van der Waals surface area contributed by atoms with Gasteiger partial charge in [-0.15, -0.1) is 0 Å². The second-order valence-electron chi connectivity index (χ2n) is 8.01. The summed E-state index contributed by atoms with van der Waals surface area (Å²) in [5.74, 6) is 0.944. The first-order valence-corrected chi connectivity index (χ1v) is 10.4. The number of hydrogen-bond donors (Lipinski definition) is 1. The minimum Gasteiger partial charge on any atom is -0.494 e. The fourth-order valence-corrected chi connectivity index (χ4v) is 4.37. The molecule has 3 aliphatic heterocycles. The van der Waals surface area contributed by atoms with Gasteiger partial charge in [-0.25, -0.2) is 4.79 Å². The summed E-state index contributed by atoms with van der Waals surface area (Å²) in [7, 11) is 0. The maximum Gasteiger partial charge on any atom is 0.407 e. The number of nitrogens with zero attached hydrogens (tertiary/aromatic N) is 2. The van der Waals surface area contributed by atoms with E-state index in [1.807, 2.05) is 0 Å². The van der Waals surface area contributed by atoms with E-state index < -0.39 is 0 Å².